The topological polar surface area (TPSA) is 55.3 Å². The first-order valence-electron chi connectivity index (χ1n) is 7.96. The molecule has 0 saturated heterocycles. The van der Waals surface area contributed by atoms with E-state index in [0.29, 0.717) is 21.1 Å². The van der Waals surface area contributed by atoms with Gasteiger partial charge >= 0.3 is 0 Å². The number of rotatable bonds is 5. The molecule has 2 heterocycles. The van der Waals surface area contributed by atoms with E-state index in [0.717, 1.165) is 5.69 Å². The largest absolute Gasteiger partial charge is 0.494 e. The molecule has 0 aliphatic heterocycles. The van der Waals surface area contributed by atoms with Gasteiger partial charge in [-0.2, -0.15) is 0 Å². The summed E-state index contributed by atoms with van der Waals surface area (Å²) in [4.78, 5) is 23.6. The van der Waals surface area contributed by atoms with Gasteiger partial charge in [0.1, 0.15) is 9.88 Å². The summed E-state index contributed by atoms with van der Waals surface area (Å²) in [7, 11) is 3.10. The molecule has 0 aliphatic rings. The van der Waals surface area contributed by atoms with Crippen LogP contribution in [0.4, 0.5) is 4.39 Å². The van der Waals surface area contributed by atoms with Gasteiger partial charge in [-0.05, 0) is 36.8 Å². The molecule has 2 aromatic heterocycles. The summed E-state index contributed by atoms with van der Waals surface area (Å²) in [5.41, 5.74) is 2.08. The summed E-state index contributed by atoms with van der Waals surface area (Å²) in [6.45, 7) is 2.09. The standard InChI is InChI=1S/C19H18FN3O2S/c1-12-17(26-18(22-12)15-6-4-5-9-21-15)19(24)23(2)11-13-7-8-16(25-3)14(20)10-13/h4-10H,11H2,1-3H3. The minimum Gasteiger partial charge on any atom is -0.494 e. The number of benzene rings is 1. The average Bonchev–Trinajstić information content (AvgIpc) is 3.03. The van der Waals surface area contributed by atoms with Crippen molar-refractivity contribution in [3.63, 3.8) is 0 Å². The Morgan fingerprint density at radius 2 is 2.12 bits per heavy atom. The summed E-state index contributed by atoms with van der Waals surface area (Å²) >= 11 is 1.31. The number of ether oxygens (including phenoxy) is 1. The fourth-order valence-electron chi connectivity index (χ4n) is 2.52. The van der Waals surface area contributed by atoms with Gasteiger partial charge < -0.3 is 9.64 Å². The van der Waals surface area contributed by atoms with E-state index in [1.165, 1.54) is 24.5 Å². The Kier molecular flexibility index (Phi) is 5.27. The third-order valence-corrected chi connectivity index (χ3v) is 5.03. The SMILES string of the molecule is COc1ccc(CN(C)C(=O)c2sc(-c3ccccn3)nc2C)cc1F. The van der Waals surface area contributed by atoms with Crippen molar-refractivity contribution in [3.05, 3.63) is 64.5 Å². The second kappa shape index (κ2) is 7.61. The summed E-state index contributed by atoms with van der Waals surface area (Å²) in [6.07, 6.45) is 1.69. The van der Waals surface area contributed by atoms with Crippen molar-refractivity contribution >= 4 is 17.2 Å². The molecule has 0 atom stereocenters. The van der Waals surface area contributed by atoms with Gasteiger partial charge in [-0.25, -0.2) is 9.37 Å². The van der Waals surface area contributed by atoms with E-state index in [1.54, 1.807) is 37.2 Å². The predicted molar refractivity (Wildman–Crippen MR) is 98.8 cm³/mol. The number of amides is 1. The van der Waals surface area contributed by atoms with Crippen LogP contribution in [0.25, 0.3) is 10.7 Å². The highest BCUT2D eigenvalue weighted by Gasteiger charge is 2.20. The van der Waals surface area contributed by atoms with Crippen LogP contribution < -0.4 is 4.74 Å². The van der Waals surface area contributed by atoms with Crippen LogP contribution in [-0.2, 0) is 6.54 Å². The zero-order valence-corrected chi connectivity index (χ0v) is 15.5. The molecule has 0 spiro atoms. The second-order valence-electron chi connectivity index (χ2n) is 5.78. The molecule has 26 heavy (non-hydrogen) atoms. The van der Waals surface area contributed by atoms with E-state index < -0.39 is 5.82 Å². The van der Waals surface area contributed by atoms with Crippen LogP contribution in [0, 0.1) is 12.7 Å². The first-order valence-corrected chi connectivity index (χ1v) is 8.78. The number of carbonyl (C=O) groups excluding carboxylic acids is 1. The summed E-state index contributed by atoms with van der Waals surface area (Å²) in [5.74, 6) is -0.420. The summed E-state index contributed by atoms with van der Waals surface area (Å²) < 4.78 is 18.8. The smallest absolute Gasteiger partial charge is 0.265 e. The van der Waals surface area contributed by atoms with Crippen LogP contribution in [0.2, 0.25) is 0 Å². The molecule has 0 bridgehead atoms. The lowest BCUT2D eigenvalue weighted by molar-refractivity contribution is 0.0788. The molecule has 7 heteroatoms. The van der Waals surface area contributed by atoms with E-state index in [4.69, 9.17) is 4.74 Å². The Morgan fingerprint density at radius 1 is 1.31 bits per heavy atom. The highest BCUT2D eigenvalue weighted by molar-refractivity contribution is 7.17. The van der Waals surface area contributed by atoms with E-state index in [1.807, 2.05) is 18.2 Å². The van der Waals surface area contributed by atoms with E-state index in [9.17, 15) is 9.18 Å². The van der Waals surface area contributed by atoms with Crippen molar-refractivity contribution in [3.8, 4) is 16.5 Å². The maximum Gasteiger partial charge on any atom is 0.265 e. The molecular formula is C19H18FN3O2S. The van der Waals surface area contributed by atoms with Gasteiger partial charge in [0.25, 0.3) is 5.91 Å². The number of halogens is 1. The van der Waals surface area contributed by atoms with Gasteiger partial charge in [0.15, 0.2) is 11.6 Å². The normalized spacial score (nSPS) is 10.6. The number of nitrogens with zero attached hydrogens (tertiary/aromatic N) is 3. The lowest BCUT2D eigenvalue weighted by atomic mass is 10.2. The van der Waals surface area contributed by atoms with Gasteiger partial charge in [0.05, 0.1) is 18.5 Å². The molecule has 3 aromatic rings. The minimum atomic E-state index is -0.447. The maximum atomic E-state index is 13.8. The monoisotopic (exact) mass is 371 g/mol. The van der Waals surface area contributed by atoms with Crippen LogP contribution in [0.5, 0.6) is 5.75 Å². The number of methoxy groups -OCH3 is 1. The number of hydrogen-bond donors (Lipinski definition) is 0. The van der Waals surface area contributed by atoms with Crippen molar-refractivity contribution in [2.24, 2.45) is 0 Å². The van der Waals surface area contributed by atoms with E-state index in [-0.39, 0.29) is 18.2 Å². The number of aryl methyl sites for hydroxylation is 1. The fourth-order valence-corrected chi connectivity index (χ4v) is 3.56. The molecule has 5 nitrogen and oxygen atoms in total. The van der Waals surface area contributed by atoms with Gasteiger partial charge in [-0.1, -0.05) is 12.1 Å². The average molecular weight is 371 g/mol. The zero-order chi connectivity index (χ0) is 18.7. The third kappa shape index (κ3) is 3.72. The van der Waals surface area contributed by atoms with Crippen molar-refractivity contribution in [1.82, 2.24) is 14.9 Å². The van der Waals surface area contributed by atoms with Crippen LogP contribution in [0.1, 0.15) is 20.9 Å². The molecular weight excluding hydrogens is 353 g/mol. The zero-order valence-electron chi connectivity index (χ0n) is 14.7. The minimum absolute atomic E-state index is 0.154. The Hall–Kier alpha value is -2.80. The number of carbonyl (C=O) groups is 1. The predicted octanol–water partition coefficient (Wildman–Crippen LogP) is 3.93. The first kappa shape index (κ1) is 18.0. The van der Waals surface area contributed by atoms with E-state index >= 15 is 0 Å². The fraction of sp³-hybridized carbons (Fsp3) is 0.211. The molecule has 134 valence electrons. The molecule has 0 fully saturated rings. The Morgan fingerprint density at radius 3 is 2.77 bits per heavy atom. The van der Waals surface area contributed by atoms with Gasteiger partial charge in [-0.3, -0.25) is 9.78 Å². The van der Waals surface area contributed by atoms with Gasteiger partial charge in [-0.15, -0.1) is 11.3 Å². The highest BCUT2D eigenvalue weighted by Crippen LogP contribution is 2.27. The lowest BCUT2D eigenvalue weighted by Crippen LogP contribution is -2.26. The quantitative estimate of drug-likeness (QED) is 0.682. The molecule has 0 N–H and O–H groups in total. The van der Waals surface area contributed by atoms with Crippen molar-refractivity contribution < 1.29 is 13.9 Å². The van der Waals surface area contributed by atoms with Crippen molar-refractivity contribution in [1.29, 1.82) is 0 Å². The molecule has 3 rings (SSSR count). The summed E-state index contributed by atoms with van der Waals surface area (Å²) in [5, 5.41) is 0.704. The van der Waals surface area contributed by atoms with Crippen LogP contribution in [0.3, 0.4) is 0 Å². The molecule has 0 aliphatic carbocycles. The molecule has 0 unspecified atom stereocenters. The van der Waals surface area contributed by atoms with Crippen LogP contribution in [-0.4, -0.2) is 34.9 Å². The van der Waals surface area contributed by atoms with Crippen molar-refractivity contribution in [2.75, 3.05) is 14.2 Å². The van der Waals surface area contributed by atoms with Gasteiger partial charge in [0, 0.05) is 19.8 Å². The lowest BCUT2D eigenvalue weighted by Gasteiger charge is -2.17. The highest BCUT2D eigenvalue weighted by atomic mass is 32.1. The molecule has 0 radical (unpaired) electrons. The van der Waals surface area contributed by atoms with Crippen LogP contribution in [0.15, 0.2) is 42.6 Å². The Labute approximate surface area is 155 Å². The summed E-state index contributed by atoms with van der Waals surface area (Å²) in [6, 6.07) is 10.2. The van der Waals surface area contributed by atoms with Crippen molar-refractivity contribution in [2.45, 2.75) is 13.5 Å². The number of hydrogen-bond acceptors (Lipinski definition) is 5. The van der Waals surface area contributed by atoms with Crippen LogP contribution >= 0.6 is 11.3 Å². The third-order valence-electron chi connectivity index (χ3n) is 3.86. The Bertz CT molecular complexity index is 928. The number of thiazole rings is 1. The Balaban J connectivity index is 1.78. The number of pyridine rings is 1. The number of aromatic nitrogens is 2. The molecule has 1 amide bonds. The van der Waals surface area contributed by atoms with E-state index in [2.05, 4.69) is 9.97 Å². The van der Waals surface area contributed by atoms with Gasteiger partial charge in [0.2, 0.25) is 0 Å². The first-order chi connectivity index (χ1) is 12.5. The molecule has 1 aromatic carbocycles. The second-order valence-corrected chi connectivity index (χ2v) is 6.78. The molecule has 0 saturated carbocycles. The maximum absolute atomic E-state index is 13.8.